The van der Waals surface area contributed by atoms with E-state index >= 15 is 0 Å². The van der Waals surface area contributed by atoms with Crippen molar-refractivity contribution in [3.05, 3.63) is 56.1 Å². The average molecular weight is 408 g/mol. The summed E-state index contributed by atoms with van der Waals surface area (Å²) in [6.07, 6.45) is 3.95. The predicted octanol–water partition coefficient (Wildman–Crippen LogP) is 3.95. The Labute approximate surface area is 164 Å². The second-order valence-electron chi connectivity index (χ2n) is 5.98. The molecule has 0 saturated carbocycles. The Morgan fingerprint density at radius 2 is 2.08 bits per heavy atom. The minimum atomic E-state index is -0.451. The van der Waals surface area contributed by atoms with Gasteiger partial charge in [-0.3, -0.25) is 9.78 Å². The highest BCUT2D eigenvalue weighted by atomic mass is 35.5. The number of hydrogen-bond donors (Lipinski definition) is 2. The Morgan fingerprint density at radius 1 is 1.35 bits per heavy atom. The number of methoxy groups -OCH3 is 1. The van der Waals surface area contributed by atoms with Crippen LogP contribution in [0.1, 0.15) is 32.4 Å². The maximum absolute atomic E-state index is 12.0. The molecule has 0 aliphatic carbocycles. The van der Waals surface area contributed by atoms with E-state index in [-0.39, 0.29) is 6.04 Å². The number of fused-ring (bicyclic) bond motifs is 3. The molecule has 1 aliphatic heterocycles. The Bertz CT molecular complexity index is 1010. The van der Waals surface area contributed by atoms with Gasteiger partial charge in [-0.05, 0) is 24.1 Å². The summed E-state index contributed by atoms with van der Waals surface area (Å²) in [7, 11) is 1.61. The summed E-state index contributed by atoms with van der Waals surface area (Å²) < 4.78 is 6.41. The van der Waals surface area contributed by atoms with Crippen LogP contribution in [0.25, 0.3) is 10.1 Å². The monoisotopic (exact) mass is 407 g/mol. The van der Waals surface area contributed by atoms with Crippen LogP contribution in [-0.4, -0.2) is 24.5 Å². The molecule has 2 aromatic heterocycles. The number of carbonyl (C=O) groups excluding carboxylic acids is 1. The lowest BCUT2D eigenvalue weighted by atomic mass is 9.93. The first-order valence-corrected chi connectivity index (χ1v) is 9.54. The van der Waals surface area contributed by atoms with E-state index in [2.05, 4.69) is 10.3 Å². The van der Waals surface area contributed by atoms with Crippen LogP contribution in [-0.2, 0) is 6.42 Å². The molecule has 1 unspecified atom stereocenters. The fourth-order valence-electron chi connectivity index (χ4n) is 3.47. The fraction of sp³-hybridized carbons (Fsp3) is 0.222. The van der Waals surface area contributed by atoms with E-state index in [0.717, 1.165) is 44.8 Å². The summed E-state index contributed by atoms with van der Waals surface area (Å²) in [4.78, 5) is 17.1. The van der Waals surface area contributed by atoms with Crippen LogP contribution in [0.15, 0.2) is 24.5 Å². The lowest BCUT2D eigenvalue weighted by molar-refractivity contribution is 0.100. The molecule has 1 aliphatic rings. The van der Waals surface area contributed by atoms with Crippen LogP contribution in [0.3, 0.4) is 0 Å². The molecule has 3 aromatic rings. The van der Waals surface area contributed by atoms with Gasteiger partial charge in [0, 0.05) is 40.3 Å². The number of aromatic nitrogens is 1. The number of pyridine rings is 1. The molecule has 4 rings (SSSR count). The molecule has 0 spiro atoms. The van der Waals surface area contributed by atoms with Crippen molar-refractivity contribution in [3.8, 4) is 5.75 Å². The zero-order valence-corrected chi connectivity index (χ0v) is 16.1. The van der Waals surface area contributed by atoms with Crippen LogP contribution in [0.5, 0.6) is 5.75 Å². The van der Waals surface area contributed by atoms with Gasteiger partial charge in [0.1, 0.15) is 5.75 Å². The minimum absolute atomic E-state index is 0.176. The normalized spacial score (nSPS) is 16.5. The number of amides is 1. The van der Waals surface area contributed by atoms with Crippen molar-refractivity contribution < 1.29 is 9.53 Å². The second-order valence-corrected chi connectivity index (χ2v) is 7.85. The van der Waals surface area contributed by atoms with Crippen LogP contribution in [0, 0.1) is 0 Å². The van der Waals surface area contributed by atoms with Crippen molar-refractivity contribution in [3.63, 3.8) is 0 Å². The van der Waals surface area contributed by atoms with Crippen LogP contribution < -0.4 is 15.8 Å². The number of ether oxygens (including phenoxy) is 1. The summed E-state index contributed by atoms with van der Waals surface area (Å²) in [6, 6.07) is 3.32. The summed E-state index contributed by atoms with van der Waals surface area (Å²) in [5.41, 5.74) is 8.00. The molecule has 1 atom stereocenters. The highest BCUT2D eigenvalue weighted by Crippen LogP contribution is 2.46. The van der Waals surface area contributed by atoms with E-state index in [1.54, 1.807) is 43.0 Å². The summed E-state index contributed by atoms with van der Waals surface area (Å²) in [5.74, 6) is 0.267. The van der Waals surface area contributed by atoms with Crippen LogP contribution in [0.4, 0.5) is 0 Å². The largest absolute Gasteiger partial charge is 0.495 e. The maximum atomic E-state index is 12.0. The number of benzene rings is 1. The van der Waals surface area contributed by atoms with Crippen LogP contribution >= 0.6 is 34.5 Å². The topological polar surface area (TPSA) is 77.2 Å². The molecule has 26 heavy (non-hydrogen) atoms. The average Bonchev–Trinajstić information content (AvgIpc) is 3.01. The van der Waals surface area contributed by atoms with Crippen molar-refractivity contribution >= 4 is 50.5 Å². The molecule has 3 N–H and O–H groups in total. The SMILES string of the molecule is COc1ccc(C(N)=O)c2c3c(sc12)C(c1c(Cl)cncc1Cl)NCC3. The van der Waals surface area contributed by atoms with Gasteiger partial charge in [-0.1, -0.05) is 23.2 Å². The number of nitrogens with two attached hydrogens (primary N) is 1. The number of rotatable bonds is 3. The first kappa shape index (κ1) is 17.5. The van der Waals surface area contributed by atoms with Gasteiger partial charge in [0.05, 0.1) is 27.9 Å². The fourth-order valence-corrected chi connectivity index (χ4v) is 5.51. The standard InChI is InChI=1S/C18H15Cl2N3O2S/c1-25-12-3-2-9(18(21)24)13-8-4-5-23-15(16(8)26-17(12)13)14-10(19)6-22-7-11(14)20/h2-3,6-7,15,23H,4-5H2,1H3,(H2,21,24). The van der Waals surface area contributed by atoms with Crippen molar-refractivity contribution in [1.29, 1.82) is 0 Å². The van der Waals surface area contributed by atoms with E-state index in [9.17, 15) is 4.79 Å². The third-order valence-electron chi connectivity index (χ3n) is 4.58. The lowest BCUT2D eigenvalue weighted by Gasteiger charge is -2.26. The smallest absolute Gasteiger partial charge is 0.249 e. The highest BCUT2D eigenvalue weighted by molar-refractivity contribution is 7.19. The van der Waals surface area contributed by atoms with Crippen molar-refractivity contribution in [2.45, 2.75) is 12.5 Å². The quantitative estimate of drug-likeness (QED) is 0.688. The summed E-state index contributed by atoms with van der Waals surface area (Å²) >= 11 is 14.3. The summed E-state index contributed by atoms with van der Waals surface area (Å²) in [6.45, 7) is 0.730. The number of thiophene rings is 1. The minimum Gasteiger partial charge on any atom is -0.495 e. The molecule has 134 valence electrons. The van der Waals surface area contributed by atoms with Gasteiger partial charge >= 0.3 is 0 Å². The molecule has 0 radical (unpaired) electrons. The Kier molecular flexibility index (Phi) is 4.52. The molecule has 1 aromatic carbocycles. The molecular formula is C18H15Cl2N3O2S. The van der Waals surface area contributed by atoms with Crippen molar-refractivity contribution in [2.24, 2.45) is 5.73 Å². The number of carbonyl (C=O) groups is 1. The van der Waals surface area contributed by atoms with E-state index in [1.807, 2.05) is 0 Å². The molecule has 0 fully saturated rings. The molecule has 3 heterocycles. The first-order valence-electron chi connectivity index (χ1n) is 7.97. The van der Waals surface area contributed by atoms with E-state index in [4.69, 9.17) is 33.7 Å². The third-order valence-corrected chi connectivity index (χ3v) is 6.50. The number of halogens is 2. The van der Waals surface area contributed by atoms with Crippen molar-refractivity contribution in [2.75, 3.05) is 13.7 Å². The lowest BCUT2D eigenvalue weighted by Crippen LogP contribution is -2.30. The maximum Gasteiger partial charge on any atom is 0.249 e. The van der Waals surface area contributed by atoms with E-state index < -0.39 is 5.91 Å². The molecule has 0 bridgehead atoms. The molecule has 0 saturated heterocycles. The summed E-state index contributed by atoms with van der Waals surface area (Å²) in [5, 5.41) is 5.35. The second kappa shape index (κ2) is 6.70. The molecule has 8 heteroatoms. The number of hydrogen-bond acceptors (Lipinski definition) is 5. The first-order chi connectivity index (χ1) is 12.5. The Morgan fingerprint density at radius 3 is 2.73 bits per heavy atom. The highest BCUT2D eigenvalue weighted by Gasteiger charge is 2.31. The Balaban J connectivity index is 2.02. The van der Waals surface area contributed by atoms with E-state index in [1.165, 1.54) is 0 Å². The van der Waals surface area contributed by atoms with Gasteiger partial charge in [0.25, 0.3) is 0 Å². The number of nitrogens with zero attached hydrogens (tertiary/aromatic N) is 1. The van der Waals surface area contributed by atoms with Gasteiger partial charge in [-0.2, -0.15) is 0 Å². The van der Waals surface area contributed by atoms with E-state index in [0.29, 0.717) is 15.6 Å². The van der Waals surface area contributed by atoms with Crippen LogP contribution in [0.2, 0.25) is 10.0 Å². The molecule has 1 amide bonds. The van der Waals surface area contributed by atoms with Gasteiger partial charge < -0.3 is 15.8 Å². The number of nitrogens with one attached hydrogen (secondary N) is 1. The zero-order valence-electron chi connectivity index (χ0n) is 13.8. The zero-order chi connectivity index (χ0) is 18.4. The third kappa shape index (κ3) is 2.65. The predicted molar refractivity (Wildman–Crippen MR) is 105 cm³/mol. The van der Waals surface area contributed by atoms with Crippen molar-refractivity contribution in [1.82, 2.24) is 10.3 Å². The van der Waals surface area contributed by atoms with Gasteiger partial charge in [0.15, 0.2) is 0 Å². The Hall–Kier alpha value is -1.86. The molecule has 5 nitrogen and oxygen atoms in total. The molecular weight excluding hydrogens is 393 g/mol. The van der Waals surface area contributed by atoms with Gasteiger partial charge in [-0.25, -0.2) is 0 Å². The number of primary amides is 1. The van der Waals surface area contributed by atoms with Gasteiger partial charge in [-0.15, -0.1) is 11.3 Å². The van der Waals surface area contributed by atoms with Gasteiger partial charge in [0.2, 0.25) is 5.91 Å².